The molecule has 5 rings (SSSR count). The van der Waals surface area contributed by atoms with Gasteiger partial charge < -0.3 is 4.98 Å². The Hall–Kier alpha value is -1.28. The number of nitrogens with zero attached hydrogens (tertiary/aromatic N) is 1. The summed E-state index contributed by atoms with van der Waals surface area (Å²) in [4.78, 5) is 6.14. The van der Waals surface area contributed by atoms with Crippen molar-refractivity contribution < 1.29 is 0 Å². The molecule has 1 aliphatic carbocycles. The molecular formula is C17H22N2. The van der Waals surface area contributed by atoms with E-state index >= 15 is 0 Å². The van der Waals surface area contributed by atoms with Gasteiger partial charge in [0, 0.05) is 36.2 Å². The lowest BCUT2D eigenvalue weighted by Crippen LogP contribution is -2.48. The summed E-state index contributed by atoms with van der Waals surface area (Å²) in [5.74, 6) is 0.993. The van der Waals surface area contributed by atoms with Crippen LogP contribution in [-0.2, 0) is 6.42 Å². The van der Waals surface area contributed by atoms with Crippen LogP contribution in [0.1, 0.15) is 31.2 Å². The molecule has 1 saturated carbocycles. The molecule has 19 heavy (non-hydrogen) atoms. The maximum Gasteiger partial charge on any atom is 0.0456 e. The minimum atomic E-state index is 0.884. The van der Waals surface area contributed by atoms with Gasteiger partial charge in [-0.25, -0.2) is 0 Å². The molecule has 2 saturated heterocycles. The summed E-state index contributed by atoms with van der Waals surface area (Å²) in [6.07, 6.45) is 9.24. The molecule has 0 spiro atoms. The smallest absolute Gasteiger partial charge is 0.0456 e. The van der Waals surface area contributed by atoms with Crippen molar-refractivity contribution in [1.29, 1.82) is 0 Å². The fraction of sp³-hybridized carbons (Fsp3) is 0.529. The van der Waals surface area contributed by atoms with E-state index in [1.165, 1.54) is 61.7 Å². The lowest BCUT2D eigenvalue weighted by Gasteiger charge is -2.45. The van der Waals surface area contributed by atoms with Crippen molar-refractivity contribution in [2.45, 2.75) is 38.1 Å². The Kier molecular flexibility index (Phi) is 2.84. The fourth-order valence-electron chi connectivity index (χ4n) is 4.05. The second-order valence-electron chi connectivity index (χ2n) is 6.28. The van der Waals surface area contributed by atoms with E-state index in [0.29, 0.717) is 0 Å². The minimum Gasteiger partial charge on any atom is -0.361 e. The number of nitrogens with one attached hydrogen (secondary N) is 1. The number of fused-ring (bicyclic) bond motifs is 4. The maximum atomic E-state index is 3.39. The third kappa shape index (κ3) is 2.08. The standard InChI is InChI=1S/C17H22N2/c1-2-4-17-16(3-1)14(11-18-17)9-10-19-12-13-5-7-15(19)8-6-13/h1-4,11,13,15,18H,5-10,12H2. The molecule has 3 fully saturated rings. The summed E-state index contributed by atoms with van der Waals surface area (Å²) in [7, 11) is 0. The van der Waals surface area contributed by atoms with Crippen LogP contribution in [0.2, 0.25) is 0 Å². The molecule has 0 radical (unpaired) electrons. The van der Waals surface area contributed by atoms with E-state index in [1.807, 2.05) is 0 Å². The Morgan fingerprint density at radius 1 is 1.11 bits per heavy atom. The highest BCUT2D eigenvalue weighted by molar-refractivity contribution is 5.83. The average molecular weight is 254 g/mol. The van der Waals surface area contributed by atoms with E-state index in [2.05, 4.69) is 40.3 Å². The third-order valence-electron chi connectivity index (χ3n) is 5.17. The summed E-state index contributed by atoms with van der Waals surface area (Å²) < 4.78 is 0. The van der Waals surface area contributed by atoms with Gasteiger partial charge in [0.2, 0.25) is 0 Å². The van der Waals surface area contributed by atoms with Gasteiger partial charge in [0.25, 0.3) is 0 Å². The van der Waals surface area contributed by atoms with Crippen molar-refractivity contribution in [2.75, 3.05) is 13.1 Å². The van der Waals surface area contributed by atoms with Crippen LogP contribution in [0.5, 0.6) is 0 Å². The SMILES string of the molecule is c1ccc2c(CCN3CC4CCC3CC4)c[nH]c2c1. The van der Waals surface area contributed by atoms with Gasteiger partial charge in [-0.3, -0.25) is 4.90 Å². The molecule has 1 aromatic carbocycles. The van der Waals surface area contributed by atoms with Crippen LogP contribution in [0.3, 0.4) is 0 Å². The van der Waals surface area contributed by atoms with Crippen LogP contribution >= 0.6 is 0 Å². The molecule has 2 aliphatic heterocycles. The first-order chi connectivity index (χ1) is 9.40. The summed E-state index contributed by atoms with van der Waals surface area (Å²) in [6.45, 7) is 2.59. The van der Waals surface area contributed by atoms with Gasteiger partial charge in [-0.15, -0.1) is 0 Å². The van der Waals surface area contributed by atoms with Gasteiger partial charge in [0.05, 0.1) is 0 Å². The zero-order valence-electron chi connectivity index (χ0n) is 11.4. The Bertz CT molecular complexity index is 563. The van der Waals surface area contributed by atoms with Gasteiger partial charge in [-0.05, 0) is 49.7 Å². The quantitative estimate of drug-likeness (QED) is 0.887. The molecule has 3 aliphatic rings. The molecule has 2 bridgehead atoms. The second kappa shape index (κ2) is 4.68. The molecular weight excluding hydrogens is 232 g/mol. The van der Waals surface area contributed by atoms with Crippen LogP contribution < -0.4 is 0 Å². The number of aromatic nitrogens is 1. The summed E-state index contributed by atoms with van der Waals surface area (Å²) >= 11 is 0. The molecule has 0 amide bonds. The molecule has 1 aromatic heterocycles. The molecule has 0 atom stereocenters. The van der Waals surface area contributed by atoms with E-state index in [0.717, 1.165) is 12.0 Å². The number of aromatic amines is 1. The van der Waals surface area contributed by atoms with Crippen LogP contribution in [0, 0.1) is 5.92 Å². The van der Waals surface area contributed by atoms with E-state index < -0.39 is 0 Å². The van der Waals surface area contributed by atoms with Crippen molar-refractivity contribution >= 4 is 10.9 Å². The maximum absolute atomic E-state index is 3.39. The first-order valence-electron chi connectivity index (χ1n) is 7.69. The molecule has 2 heteroatoms. The largest absolute Gasteiger partial charge is 0.361 e. The van der Waals surface area contributed by atoms with Crippen molar-refractivity contribution in [3.05, 3.63) is 36.0 Å². The number of hydrogen-bond donors (Lipinski definition) is 1. The number of H-pyrrole nitrogens is 1. The van der Waals surface area contributed by atoms with E-state index in [-0.39, 0.29) is 0 Å². The summed E-state index contributed by atoms with van der Waals surface area (Å²) in [5.41, 5.74) is 2.76. The van der Waals surface area contributed by atoms with Crippen molar-refractivity contribution in [3.63, 3.8) is 0 Å². The molecule has 1 N–H and O–H groups in total. The fourth-order valence-corrected chi connectivity index (χ4v) is 4.05. The van der Waals surface area contributed by atoms with Crippen LogP contribution in [0.15, 0.2) is 30.5 Å². The summed E-state index contributed by atoms with van der Waals surface area (Å²) in [5, 5.41) is 1.41. The Morgan fingerprint density at radius 3 is 2.74 bits per heavy atom. The molecule has 2 nitrogen and oxygen atoms in total. The van der Waals surface area contributed by atoms with Crippen molar-refractivity contribution in [3.8, 4) is 0 Å². The number of hydrogen-bond acceptors (Lipinski definition) is 1. The van der Waals surface area contributed by atoms with Gasteiger partial charge in [0.15, 0.2) is 0 Å². The predicted molar refractivity (Wildman–Crippen MR) is 79.3 cm³/mol. The van der Waals surface area contributed by atoms with Gasteiger partial charge in [0.1, 0.15) is 0 Å². The highest BCUT2D eigenvalue weighted by Gasteiger charge is 2.33. The molecule has 0 unspecified atom stereocenters. The van der Waals surface area contributed by atoms with E-state index in [9.17, 15) is 0 Å². The first-order valence-corrected chi connectivity index (χ1v) is 7.69. The monoisotopic (exact) mass is 254 g/mol. The summed E-state index contributed by atoms with van der Waals surface area (Å²) in [6, 6.07) is 9.54. The topological polar surface area (TPSA) is 19.0 Å². The average Bonchev–Trinajstić information content (AvgIpc) is 2.90. The zero-order chi connectivity index (χ0) is 12.7. The number of benzene rings is 1. The molecule has 3 heterocycles. The second-order valence-corrected chi connectivity index (χ2v) is 6.28. The van der Waals surface area contributed by atoms with Gasteiger partial charge in [-0.2, -0.15) is 0 Å². The van der Waals surface area contributed by atoms with Crippen LogP contribution in [-0.4, -0.2) is 29.0 Å². The molecule has 2 aromatic rings. The van der Waals surface area contributed by atoms with E-state index in [4.69, 9.17) is 0 Å². The van der Waals surface area contributed by atoms with Crippen LogP contribution in [0.25, 0.3) is 10.9 Å². The highest BCUT2D eigenvalue weighted by Crippen LogP contribution is 2.34. The first kappa shape index (κ1) is 11.5. The lowest BCUT2D eigenvalue weighted by molar-refractivity contribution is 0.0502. The number of para-hydroxylation sites is 1. The lowest BCUT2D eigenvalue weighted by atomic mass is 9.80. The molecule has 100 valence electrons. The minimum absolute atomic E-state index is 0.884. The van der Waals surface area contributed by atoms with Gasteiger partial charge >= 0.3 is 0 Å². The van der Waals surface area contributed by atoms with Crippen molar-refractivity contribution in [1.82, 2.24) is 9.88 Å². The van der Waals surface area contributed by atoms with Crippen molar-refractivity contribution in [2.24, 2.45) is 5.92 Å². The highest BCUT2D eigenvalue weighted by atomic mass is 15.2. The predicted octanol–water partition coefficient (Wildman–Crippen LogP) is 3.58. The van der Waals surface area contributed by atoms with E-state index in [1.54, 1.807) is 0 Å². The Morgan fingerprint density at radius 2 is 1.95 bits per heavy atom. The van der Waals surface area contributed by atoms with Gasteiger partial charge in [-0.1, -0.05) is 18.2 Å². The Balaban J connectivity index is 1.47. The number of rotatable bonds is 3. The zero-order valence-corrected chi connectivity index (χ0v) is 11.4. The van der Waals surface area contributed by atoms with Crippen LogP contribution in [0.4, 0.5) is 0 Å². The Labute approximate surface area is 114 Å². The third-order valence-corrected chi connectivity index (χ3v) is 5.17. The normalized spacial score (nSPS) is 27.2. The number of piperidine rings is 2.